The van der Waals surface area contributed by atoms with Gasteiger partial charge in [-0.05, 0) is 38.1 Å². The number of anilines is 1. The molecule has 2 rings (SSSR count). The first-order valence-corrected chi connectivity index (χ1v) is 7.97. The molecule has 0 saturated carbocycles. The molecule has 1 N–H and O–H groups in total. The van der Waals surface area contributed by atoms with E-state index in [-0.39, 0.29) is 5.54 Å². The van der Waals surface area contributed by atoms with E-state index >= 15 is 0 Å². The summed E-state index contributed by atoms with van der Waals surface area (Å²) in [6.07, 6.45) is 1.23. The lowest BCUT2D eigenvalue weighted by Gasteiger charge is -2.40. The zero-order chi connectivity index (χ0) is 13.4. The summed E-state index contributed by atoms with van der Waals surface area (Å²) in [6, 6.07) is 7.13. The zero-order valence-electron chi connectivity index (χ0n) is 11.1. The highest BCUT2D eigenvalue weighted by molar-refractivity contribution is 7.90. The third-order valence-corrected chi connectivity index (χ3v) is 4.33. The molecule has 18 heavy (non-hydrogen) atoms. The second-order valence-corrected chi connectivity index (χ2v) is 7.51. The molecule has 1 aromatic rings. The first-order chi connectivity index (χ1) is 8.28. The summed E-state index contributed by atoms with van der Waals surface area (Å²) in [7, 11) is -3.10. The second-order valence-electron chi connectivity index (χ2n) is 5.50. The lowest BCUT2D eigenvalue weighted by atomic mass is 10.0. The van der Waals surface area contributed by atoms with Crippen molar-refractivity contribution in [3.05, 3.63) is 24.3 Å². The Morgan fingerprint density at radius 3 is 2.33 bits per heavy atom. The zero-order valence-corrected chi connectivity index (χ0v) is 11.9. The standard InChI is InChI=1S/C13H20N2O2S/c1-13(2)10-15(9-8-14-13)11-4-6-12(7-5-11)18(3,16)17/h4-7,14H,8-10H2,1-3H3. The SMILES string of the molecule is CC1(C)CN(c2ccc(S(C)(=O)=O)cc2)CCN1. The molecule has 1 fully saturated rings. The minimum absolute atomic E-state index is 0.0910. The number of piperazine rings is 1. The fraction of sp³-hybridized carbons (Fsp3) is 0.538. The van der Waals surface area contributed by atoms with Crippen LogP contribution in [0.1, 0.15) is 13.8 Å². The van der Waals surface area contributed by atoms with Crippen molar-refractivity contribution in [2.45, 2.75) is 24.3 Å². The Labute approximate surface area is 109 Å². The van der Waals surface area contributed by atoms with Gasteiger partial charge in [0.1, 0.15) is 0 Å². The van der Waals surface area contributed by atoms with Crippen molar-refractivity contribution >= 4 is 15.5 Å². The molecule has 1 saturated heterocycles. The van der Waals surface area contributed by atoms with Gasteiger partial charge in [0.15, 0.2) is 9.84 Å². The molecule has 0 unspecified atom stereocenters. The summed E-state index contributed by atoms with van der Waals surface area (Å²) in [4.78, 5) is 2.66. The van der Waals surface area contributed by atoms with Gasteiger partial charge >= 0.3 is 0 Å². The third-order valence-electron chi connectivity index (χ3n) is 3.20. The molecule has 0 aliphatic carbocycles. The van der Waals surface area contributed by atoms with Crippen LogP contribution in [0.15, 0.2) is 29.2 Å². The van der Waals surface area contributed by atoms with E-state index in [4.69, 9.17) is 0 Å². The Balaban J connectivity index is 2.20. The van der Waals surface area contributed by atoms with Crippen LogP contribution < -0.4 is 10.2 Å². The molecule has 1 aliphatic rings. The summed E-state index contributed by atoms with van der Waals surface area (Å²) in [5, 5.41) is 3.46. The van der Waals surface area contributed by atoms with Crippen molar-refractivity contribution in [3.8, 4) is 0 Å². The van der Waals surface area contributed by atoms with E-state index < -0.39 is 9.84 Å². The van der Waals surface area contributed by atoms with Crippen LogP contribution in [-0.2, 0) is 9.84 Å². The predicted octanol–water partition coefficient (Wildman–Crippen LogP) is 1.28. The predicted molar refractivity (Wildman–Crippen MR) is 73.8 cm³/mol. The molecule has 1 heterocycles. The smallest absolute Gasteiger partial charge is 0.175 e. The molecule has 0 spiro atoms. The van der Waals surface area contributed by atoms with E-state index in [9.17, 15) is 8.42 Å². The van der Waals surface area contributed by atoms with Crippen LogP contribution in [0.4, 0.5) is 5.69 Å². The van der Waals surface area contributed by atoms with Crippen molar-refractivity contribution < 1.29 is 8.42 Å². The molecular weight excluding hydrogens is 248 g/mol. The van der Waals surface area contributed by atoms with E-state index in [1.54, 1.807) is 12.1 Å². The molecule has 1 aliphatic heterocycles. The highest BCUT2D eigenvalue weighted by Gasteiger charge is 2.25. The maximum atomic E-state index is 11.4. The number of hydrogen-bond donors (Lipinski definition) is 1. The van der Waals surface area contributed by atoms with Crippen LogP contribution in [0.3, 0.4) is 0 Å². The highest BCUT2D eigenvalue weighted by Crippen LogP contribution is 2.21. The van der Waals surface area contributed by atoms with Gasteiger partial charge < -0.3 is 10.2 Å². The van der Waals surface area contributed by atoms with Crippen LogP contribution in [0.25, 0.3) is 0 Å². The minimum Gasteiger partial charge on any atom is -0.368 e. The van der Waals surface area contributed by atoms with E-state index in [1.165, 1.54) is 6.26 Å². The lowest BCUT2D eigenvalue weighted by molar-refractivity contribution is 0.353. The Hall–Kier alpha value is -1.07. The summed E-state index contributed by atoms with van der Waals surface area (Å²) in [5.74, 6) is 0. The summed E-state index contributed by atoms with van der Waals surface area (Å²) >= 11 is 0. The third kappa shape index (κ3) is 3.03. The van der Waals surface area contributed by atoms with Crippen LogP contribution in [0.2, 0.25) is 0 Å². The number of nitrogens with one attached hydrogen (secondary N) is 1. The summed E-state index contributed by atoms with van der Waals surface area (Å²) in [5.41, 5.74) is 1.17. The quantitative estimate of drug-likeness (QED) is 0.878. The molecule has 4 nitrogen and oxygen atoms in total. The fourth-order valence-electron chi connectivity index (χ4n) is 2.27. The van der Waals surface area contributed by atoms with Gasteiger partial charge in [-0.1, -0.05) is 0 Å². The van der Waals surface area contributed by atoms with Gasteiger partial charge in [-0.2, -0.15) is 0 Å². The molecule has 0 amide bonds. The maximum Gasteiger partial charge on any atom is 0.175 e. The van der Waals surface area contributed by atoms with Crippen molar-refractivity contribution in [3.63, 3.8) is 0 Å². The topological polar surface area (TPSA) is 49.4 Å². The molecule has 100 valence electrons. The Bertz CT molecular complexity index is 520. The monoisotopic (exact) mass is 268 g/mol. The molecule has 0 bridgehead atoms. The fourth-order valence-corrected chi connectivity index (χ4v) is 2.90. The van der Waals surface area contributed by atoms with E-state index in [0.29, 0.717) is 4.90 Å². The molecule has 5 heteroatoms. The Morgan fingerprint density at radius 1 is 1.22 bits per heavy atom. The van der Waals surface area contributed by atoms with Gasteiger partial charge in [0, 0.05) is 37.1 Å². The molecule has 0 aromatic heterocycles. The molecular formula is C13H20N2O2S. The van der Waals surface area contributed by atoms with Gasteiger partial charge in [-0.3, -0.25) is 0 Å². The number of rotatable bonds is 2. The molecule has 1 aromatic carbocycles. The van der Waals surface area contributed by atoms with Gasteiger partial charge in [0.05, 0.1) is 4.90 Å². The Kier molecular flexibility index (Phi) is 3.38. The van der Waals surface area contributed by atoms with Crippen LogP contribution in [-0.4, -0.2) is 39.8 Å². The first-order valence-electron chi connectivity index (χ1n) is 6.08. The van der Waals surface area contributed by atoms with Gasteiger partial charge in [0.2, 0.25) is 0 Å². The summed E-state index contributed by atoms with van der Waals surface area (Å²) in [6.45, 7) is 7.15. The van der Waals surface area contributed by atoms with Crippen LogP contribution in [0, 0.1) is 0 Å². The average molecular weight is 268 g/mol. The minimum atomic E-state index is -3.10. The average Bonchev–Trinajstić information content (AvgIpc) is 2.27. The second kappa shape index (κ2) is 4.55. The van der Waals surface area contributed by atoms with Gasteiger partial charge in [-0.15, -0.1) is 0 Å². The maximum absolute atomic E-state index is 11.4. The number of sulfone groups is 1. The number of nitrogens with zero attached hydrogens (tertiary/aromatic N) is 1. The number of benzene rings is 1. The van der Waals surface area contributed by atoms with Crippen molar-refractivity contribution in [2.24, 2.45) is 0 Å². The largest absolute Gasteiger partial charge is 0.368 e. The van der Waals surface area contributed by atoms with E-state index in [0.717, 1.165) is 25.3 Å². The van der Waals surface area contributed by atoms with Crippen LogP contribution >= 0.6 is 0 Å². The number of hydrogen-bond acceptors (Lipinski definition) is 4. The van der Waals surface area contributed by atoms with Gasteiger partial charge in [0.25, 0.3) is 0 Å². The highest BCUT2D eigenvalue weighted by atomic mass is 32.2. The van der Waals surface area contributed by atoms with E-state index in [2.05, 4.69) is 24.1 Å². The Morgan fingerprint density at radius 2 is 1.83 bits per heavy atom. The molecule has 0 atom stereocenters. The van der Waals surface area contributed by atoms with Gasteiger partial charge in [-0.25, -0.2) is 8.42 Å². The molecule has 0 radical (unpaired) electrons. The first kappa shape index (κ1) is 13.4. The normalized spacial score (nSPS) is 19.8. The summed E-state index contributed by atoms with van der Waals surface area (Å²) < 4.78 is 22.8. The van der Waals surface area contributed by atoms with Crippen molar-refractivity contribution in [1.82, 2.24) is 5.32 Å². The van der Waals surface area contributed by atoms with Crippen LogP contribution in [0.5, 0.6) is 0 Å². The van der Waals surface area contributed by atoms with Crippen molar-refractivity contribution in [1.29, 1.82) is 0 Å². The lowest BCUT2D eigenvalue weighted by Crippen LogP contribution is -2.57. The van der Waals surface area contributed by atoms with E-state index in [1.807, 2.05) is 12.1 Å². The van der Waals surface area contributed by atoms with Crippen molar-refractivity contribution in [2.75, 3.05) is 30.8 Å².